The molecule has 0 atom stereocenters. The lowest BCUT2D eigenvalue weighted by Gasteiger charge is -2.11. The number of thioether (sulfide) groups is 1. The standard InChI is InChI=1S/C16H17ClN2O3S2/c1-24(21,22)19-15-5-3-2-4-14(15)18-16(20)10-11-23-13-8-6-12(17)7-9-13/h2-9,19H,10-11H2,1H3,(H,18,20). The van der Waals surface area contributed by atoms with Crippen LogP contribution in [0.4, 0.5) is 11.4 Å². The molecule has 5 nitrogen and oxygen atoms in total. The molecule has 0 unspecified atom stereocenters. The van der Waals surface area contributed by atoms with E-state index in [1.807, 2.05) is 12.1 Å². The maximum Gasteiger partial charge on any atom is 0.229 e. The molecule has 0 heterocycles. The zero-order valence-corrected chi connectivity index (χ0v) is 15.3. The number of sulfonamides is 1. The van der Waals surface area contributed by atoms with E-state index in [1.54, 1.807) is 48.2 Å². The minimum atomic E-state index is -3.41. The number of rotatable bonds is 7. The number of nitrogens with one attached hydrogen (secondary N) is 2. The Bertz CT molecular complexity index is 808. The van der Waals surface area contributed by atoms with Gasteiger partial charge in [0.25, 0.3) is 0 Å². The quantitative estimate of drug-likeness (QED) is 0.711. The molecule has 0 saturated heterocycles. The van der Waals surface area contributed by atoms with Gasteiger partial charge in [0.1, 0.15) is 0 Å². The minimum absolute atomic E-state index is 0.181. The number of carbonyl (C=O) groups excluding carboxylic acids is 1. The summed E-state index contributed by atoms with van der Waals surface area (Å²) in [5.41, 5.74) is 0.781. The van der Waals surface area contributed by atoms with E-state index < -0.39 is 10.0 Å². The predicted molar refractivity (Wildman–Crippen MR) is 100 cm³/mol. The van der Waals surface area contributed by atoms with Crippen LogP contribution in [0.15, 0.2) is 53.4 Å². The lowest BCUT2D eigenvalue weighted by atomic mass is 10.2. The van der Waals surface area contributed by atoms with E-state index in [2.05, 4.69) is 10.0 Å². The van der Waals surface area contributed by atoms with Crippen LogP contribution in [-0.4, -0.2) is 26.3 Å². The first-order chi connectivity index (χ1) is 11.3. The summed E-state index contributed by atoms with van der Waals surface area (Å²) in [6, 6.07) is 14.1. The molecule has 2 aromatic carbocycles. The first-order valence-electron chi connectivity index (χ1n) is 7.08. The van der Waals surface area contributed by atoms with Crippen LogP contribution in [0.2, 0.25) is 5.02 Å². The highest BCUT2D eigenvalue weighted by Gasteiger charge is 2.10. The highest BCUT2D eigenvalue weighted by molar-refractivity contribution is 7.99. The van der Waals surface area contributed by atoms with E-state index >= 15 is 0 Å². The average molecular weight is 385 g/mol. The molecular weight excluding hydrogens is 368 g/mol. The van der Waals surface area contributed by atoms with Crippen molar-refractivity contribution in [3.63, 3.8) is 0 Å². The van der Waals surface area contributed by atoms with E-state index in [-0.39, 0.29) is 5.91 Å². The van der Waals surface area contributed by atoms with Crippen molar-refractivity contribution in [1.82, 2.24) is 0 Å². The lowest BCUT2D eigenvalue weighted by molar-refractivity contribution is -0.115. The van der Waals surface area contributed by atoms with Gasteiger partial charge in [0.15, 0.2) is 0 Å². The molecule has 0 aliphatic carbocycles. The Kier molecular flexibility index (Phi) is 6.53. The van der Waals surface area contributed by atoms with Crippen LogP contribution in [0, 0.1) is 0 Å². The van der Waals surface area contributed by atoms with Gasteiger partial charge in [0, 0.05) is 22.1 Å². The van der Waals surface area contributed by atoms with Crippen molar-refractivity contribution < 1.29 is 13.2 Å². The molecule has 0 fully saturated rings. The third-order valence-electron chi connectivity index (χ3n) is 2.91. The summed E-state index contributed by atoms with van der Waals surface area (Å²) in [6.07, 6.45) is 1.37. The van der Waals surface area contributed by atoms with Crippen LogP contribution in [0.25, 0.3) is 0 Å². The molecule has 0 bridgehead atoms. The van der Waals surface area contributed by atoms with Gasteiger partial charge in [-0.1, -0.05) is 23.7 Å². The largest absolute Gasteiger partial charge is 0.324 e. The molecule has 128 valence electrons. The Morgan fingerprint density at radius 1 is 1.08 bits per heavy atom. The molecule has 2 N–H and O–H groups in total. The van der Waals surface area contributed by atoms with Crippen LogP contribution in [-0.2, 0) is 14.8 Å². The number of anilines is 2. The first kappa shape index (κ1) is 18.6. The summed E-state index contributed by atoms with van der Waals surface area (Å²) in [7, 11) is -3.41. The van der Waals surface area contributed by atoms with Crippen molar-refractivity contribution in [3.8, 4) is 0 Å². The van der Waals surface area contributed by atoms with Gasteiger partial charge in [0.2, 0.25) is 15.9 Å². The highest BCUT2D eigenvalue weighted by atomic mass is 35.5. The summed E-state index contributed by atoms with van der Waals surface area (Å²) in [5.74, 6) is 0.425. The molecule has 2 rings (SSSR count). The van der Waals surface area contributed by atoms with Gasteiger partial charge >= 0.3 is 0 Å². The summed E-state index contributed by atoms with van der Waals surface area (Å²) in [5, 5.41) is 3.40. The second-order valence-electron chi connectivity index (χ2n) is 5.02. The number of hydrogen-bond acceptors (Lipinski definition) is 4. The number of para-hydroxylation sites is 2. The normalized spacial score (nSPS) is 11.1. The second kappa shape index (κ2) is 8.41. The fourth-order valence-electron chi connectivity index (χ4n) is 1.89. The molecule has 0 spiro atoms. The summed E-state index contributed by atoms with van der Waals surface area (Å²) < 4.78 is 25.1. The number of carbonyl (C=O) groups is 1. The number of amides is 1. The molecule has 1 amide bonds. The van der Waals surface area contributed by atoms with Crippen molar-refractivity contribution in [2.75, 3.05) is 22.0 Å². The topological polar surface area (TPSA) is 75.3 Å². The zero-order chi connectivity index (χ0) is 17.6. The number of benzene rings is 2. The molecule has 0 aliphatic heterocycles. The van der Waals surface area contributed by atoms with Crippen molar-refractivity contribution in [2.45, 2.75) is 11.3 Å². The second-order valence-corrected chi connectivity index (χ2v) is 8.37. The Labute approximate surface area is 150 Å². The summed E-state index contributed by atoms with van der Waals surface area (Å²) in [6.45, 7) is 0. The smallest absolute Gasteiger partial charge is 0.229 e. The van der Waals surface area contributed by atoms with E-state index in [0.29, 0.717) is 28.6 Å². The van der Waals surface area contributed by atoms with E-state index in [4.69, 9.17) is 11.6 Å². The van der Waals surface area contributed by atoms with Gasteiger partial charge in [-0.05, 0) is 36.4 Å². The zero-order valence-electron chi connectivity index (χ0n) is 13.0. The fourth-order valence-corrected chi connectivity index (χ4v) is 3.44. The molecular formula is C16H17ClN2O3S2. The maximum atomic E-state index is 12.1. The SMILES string of the molecule is CS(=O)(=O)Nc1ccccc1NC(=O)CCSc1ccc(Cl)cc1. The van der Waals surface area contributed by atoms with Crippen molar-refractivity contribution in [3.05, 3.63) is 53.6 Å². The van der Waals surface area contributed by atoms with Crippen LogP contribution < -0.4 is 10.0 Å². The highest BCUT2D eigenvalue weighted by Crippen LogP contribution is 2.23. The third kappa shape index (κ3) is 6.43. The van der Waals surface area contributed by atoms with E-state index in [0.717, 1.165) is 11.2 Å². The van der Waals surface area contributed by atoms with Crippen LogP contribution in [0.1, 0.15) is 6.42 Å². The molecule has 24 heavy (non-hydrogen) atoms. The van der Waals surface area contributed by atoms with Crippen molar-refractivity contribution in [2.24, 2.45) is 0 Å². The van der Waals surface area contributed by atoms with Gasteiger partial charge < -0.3 is 5.32 Å². The third-order valence-corrected chi connectivity index (χ3v) is 4.76. The minimum Gasteiger partial charge on any atom is -0.324 e. The van der Waals surface area contributed by atoms with E-state index in [9.17, 15) is 13.2 Å². The van der Waals surface area contributed by atoms with Gasteiger partial charge in [-0.15, -0.1) is 11.8 Å². The molecule has 0 saturated carbocycles. The molecule has 0 aromatic heterocycles. The Morgan fingerprint density at radius 3 is 2.33 bits per heavy atom. The molecule has 0 radical (unpaired) electrons. The monoisotopic (exact) mass is 384 g/mol. The van der Waals surface area contributed by atoms with E-state index in [1.165, 1.54) is 0 Å². The van der Waals surface area contributed by atoms with Gasteiger partial charge in [-0.2, -0.15) is 0 Å². The first-order valence-corrected chi connectivity index (χ1v) is 10.3. The van der Waals surface area contributed by atoms with Crippen molar-refractivity contribution >= 4 is 50.7 Å². The molecule has 0 aliphatic rings. The molecule has 8 heteroatoms. The lowest BCUT2D eigenvalue weighted by Crippen LogP contribution is -2.16. The van der Waals surface area contributed by atoms with Crippen LogP contribution in [0.5, 0.6) is 0 Å². The Balaban J connectivity index is 1.89. The number of hydrogen-bond donors (Lipinski definition) is 2. The Morgan fingerprint density at radius 2 is 1.71 bits per heavy atom. The van der Waals surface area contributed by atoms with Gasteiger partial charge in [-0.3, -0.25) is 9.52 Å². The van der Waals surface area contributed by atoms with Crippen LogP contribution in [0.3, 0.4) is 0 Å². The maximum absolute atomic E-state index is 12.1. The molecule has 2 aromatic rings. The van der Waals surface area contributed by atoms with Crippen LogP contribution >= 0.6 is 23.4 Å². The average Bonchev–Trinajstić information content (AvgIpc) is 2.50. The van der Waals surface area contributed by atoms with Gasteiger partial charge in [0.05, 0.1) is 17.6 Å². The fraction of sp³-hybridized carbons (Fsp3) is 0.188. The summed E-state index contributed by atoms with van der Waals surface area (Å²) >= 11 is 7.38. The summed E-state index contributed by atoms with van der Waals surface area (Å²) in [4.78, 5) is 13.1. The Hall–Kier alpha value is -1.70. The van der Waals surface area contributed by atoms with Crippen molar-refractivity contribution in [1.29, 1.82) is 0 Å². The number of halogens is 1. The van der Waals surface area contributed by atoms with Gasteiger partial charge in [-0.25, -0.2) is 8.42 Å². The predicted octanol–water partition coefficient (Wildman–Crippen LogP) is 3.83.